The van der Waals surface area contributed by atoms with E-state index in [9.17, 15) is 14.7 Å². The normalized spacial score (nSPS) is 23.4. The summed E-state index contributed by atoms with van der Waals surface area (Å²) in [6, 6.07) is 3.06. The van der Waals surface area contributed by atoms with Crippen LogP contribution < -0.4 is 0 Å². The lowest BCUT2D eigenvalue weighted by molar-refractivity contribution is -0.138. The third-order valence-electron chi connectivity index (χ3n) is 3.38. The zero-order chi connectivity index (χ0) is 14.0. The van der Waals surface area contributed by atoms with E-state index in [1.165, 1.54) is 10.6 Å². The Hall–Kier alpha value is -1.82. The van der Waals surface area contributed by atoms with Gasteiger partial charge in [-0.2, -0.15) is 0 Å². The summed E-state index contributed by atoms with van der Waals surface area (Å²) >= 11 is 0. The first kappa shape index (κ1) is 13.6. The zero-order valence-electron chi connectivity index (χ0n) is 10.9. The van der Waals surface area contributed by atoms with Gasteiger partial charge in [0.05, 0.1) is 5.60 Å². The number of aromatic nitrogens is 1. The molecule has 19 heavy (non-hydrogen) atoms. The Labute approximate surface area is 111 Å². The monoisotopic (exact) mass is 266 g/mol. The highest BCUT2D eigenvalue weighted by atomic mass is 16.4. The molecule has 0 bridgehead atoms. The summed E-state index contributed by atoms with van der Waals surface area (Å²) in [6.45, 7) is 2.61. The quantitative estimate of drug-likeness (QED) is 0.837. The van der Waals surface area contributed by atoms with E-state index in [2.05, 4.69) is 0 Å². The molecule has 1 unspecified atom stereocenters. The van der Waals surface area contributed by atoms with Crippen molar-refractivity contribution in [3.8, 4) is 0 Å². The van der Waals surface area contributed by atoms with E-state index in [4.69, 9.17) is 5.11 Å². The van der Waals surface area contributed by atoms with Crippen molar-refractivity contribution in [2.75, 3.05) is 13.1 Å². The molecular weight excluding hydrogens is 248 g/mol. The van der Waals surface area contributed by atoms with Gasteiger partial charge in [-0.3, -0.25) is 4.79 Å². The van der Waals surface area contributed by atoms with Gasteiger partial charge in [-0.05, 0) is 31.9 Å². The Morgan fingerprint density at radius 2 is 2.21 bits per heavy atom. The molecule has 2 heterocycles. The van der Waals surface area contributed by atoms with Crippen LogP contribution in [0.25, 0.3) is 0 Å². The lowest BCUT2D eigenvalue weighted by Crippen LogP contribution is -2.49. The molecule has 1 aromatic heterocycles. The molecule has 1 aromatic rings. The Balaban J connectivity index is 2.05. The molecule has 2 N–H and O–H groups in total. The minimum atomic E-state index is -1.05. The van der Waals surface area contributed by atoms with Crippen molar-refractivity contribution in [2.45, 2.75) is 31.9 Å². The number of hydrogen-bond acceptors (Lipinski definition) is 3. The van der Waals surface area contributed by atoms with Gasteiger partial charge in [0.1, 0.15) is 12.2 Å². The molecule has 6 heteroatoms. The van der Waals surface area contributed by atoms with E-state index < -0.39 is 11.6 Å². The third-order valence-corrected chi connectivity index (χ3v) is 3.38. The maximum atomic E-state index is 12.1. The van der Waals surface area contributed by atoms with Crippen LogP contribution in [0.1, 0.15) is 30.3 Å². The summed E-state index contributed by atoms with van der Waals surface area (Å²) in [5.74, 6) is -1.22. The number of carboxylic acid groups (broad SMARTS) is 1. The lowest BCUT2D eigenvalue weighted by Gasteiger charge is -2.37. The number of carboxylic acids is 1. The van der Waals surface area contributed by atoms with Crippen molar-refractivity contribution >= 4 is 11.9 Å². The first-order valence-electron chi connectivity index (χ1n) is 6.28. The first-order valence-corrected chi connectivity index (χ1v) is 6.28. The zero-order valence-corrected chi connectivity index (χ0v) is 10.9. The molecule has 6 nitrogen and oxygen atoms in total. The summed E-state index contributed by atoms with van der Waals surface area (Å²) in [7, 11) is 0. The van der Waals surface area contributed by atoms with Crippen molar-refractivity contribution in [3.05, 3.63) is 24.0 Å². The number of aliphatic hydroxyl groups is 1. The van der Waals surface area contributed by atoms with Gasteiger partial charge in [-0.25, -0.2) is 4.79 Å². The molecule has 0 spiro atoms. The second-order valence-electron chi connectivity index (χ2n) is 5.24. The maximum absolute atomic E-state index is 12.1. The number of nitrogens with zero attached hydrogens (tertiary/aromatic N) is 2. The van der Waals surface area contributed by atoms with Crippen LogP contribution in [0.15, 0.2) is 18.3 Å². The Morgan fingerprint density at radius 1 is 1.47 bits per heavy atom. The number of hydrogen-bond donors (Lipinski definition) is 2. The van der Waals surface area contributed by atoms with Crippen molar-refractivity contribution in [3.63, 3.8) is 0 Å². The summed E-state index contributed by atoms with van der Waals surface area (Å²) in [6.07, 6.45) is 3.01. The van der Waals surface area contributed by atoms with Gasteiger partial charge in [0.25, 0.3) is 0 Å². The van der Waals surface area contributed by atoms with Gasteiger partial charge in [-0.15, -0.1) is 0 Å². The molecule has 1 aliphatic rings. The first-order chi connectivity index (χ1) is 8.89. The topological polar surface area (TPSA) is 82.8 Å². The fourth-order valence-electron chi connectivity index (χ4n) is 2.42. The smallest absolute Gasteiger partial charge is 0.352 e. The van der Waals surface area contributed by atoms with Crippen LogP contribution in [0.2, 0.25) is 0 Å². The number of carbonyl (C=O) groups excluding carboxylic acids is 1. The lowest BCUT2D eigenvalue weighted by atomic mass is 9.95. The molecule has 1 atom stereocenters. The van der Waals surface area contributed by atoms with E-state index in [1.54, 1.807) is 24.1 Å². The number of β-amino-alcohol motifs (C(OH)–C–C–N with tert-alkyl or cyclic N) is 1. The van der Waals surface area contributed by atoms with Crippen molar-refractivity contribution in [1.29, 1.82) is 0 Å². The second-order valence-corrected chi connectivity index (χ2v) is 5.24. The molecular formula is C13H18N2O4. The van der Waals surface area contributed by atoms with Gasteiger partial charge < -0.3 is 19.7 Å². The molecule has 2 rings (SSSR count). The van der Waals surface area contributed by atoms with E-state index >= 15 is 0 Å². The molecule has 0 saturated carbocycles. The fourth-order valence-corrected chi connectivity index (χ4v) is 2.42. The number of amides is 1. The average Bonchev–Trinajstić information content (AvgIpc) is 2.75. The molecule has 0 radical (unpaired) electrons. The van der Waals surface area contributed by atoms with Gasteiger partial charge in [0.2, 0.25) is 5.91 Å². The molecule has 1 fully saturated rings. The maximum Gasteiger partial charge on any atom is 0.352 e. The standard InChI is InChI=1S/C13H18N2O4/c1-13(19)5-3-7-15(9-13)11(16)8-14-6-2-4-10(14)12(17)18/h2,4,6,19H,3,5,7-9H2,1H3,(H,17,18). The molecule has 0 aliphatic carbocycles. The highest BCUT2D eigenvalue weighted by Crippen LogP contribution is 2.20. The van der Waals surface area contributed by atoms with Crippen LogP contribution in [-0.4, -0.2) is 50.2 Å². The van der Waals surface area contributed by atoms with Crippen LogP contribution in [0.3, 0.4) is 0 Å². The van der Waals surface area contributed by atoms with Crippen LogP contribution in [-0.2, 0) is 11.3 Å². The van der Waals surface area contributed by atoms with Crippen molar-refractivity contribution in [1.82, 2.24) is 9.47 Å². The number of carbonyl (C=O) groups is 2. The summed E-state index contributed by atoms with van der Waals surface area (Å²) in [4.78, 5) is 24.7. The molecule has 104 valence electrons. The average molecular weight is 266 g/mol. The second kappa shape index (κ2) is 5.05. The van der Waals surface area contributed by atoms with E-state index in [1.807, 2.05) is 0 Å². The summed E-state index contributed by atoms with van der Waals surface area (Å²) in [5.41, 5.74) is -0.752. The van der Waals surface area contributed by atoms with Gasteiger partial charge >= 0.3 is 5.97 Å². The highest BCUT2D eigenvalue weighted by Gasteiger charge is 2.31. The van der Waals surface area contributed by atoms with Gasteiger partial charge in [0, 0.05) is 19.3 Å². The third kappa shape index (κ3) is 3.14. The summed E-state index contributed by atoms with van der Waals surface area (Å²) < 4.78 is 1.41. The Bertz CT molecular complexity index is 493. The predicted molar refractivity (Wildman–Crippen MR) is 67.8 cm³/mol. The molecule has 0 aromatic carbocycles. The van der Waals surface area contributed by atoms with Crippen LogP contribution in [0, 0.1) is 0 Å². The Morgan fingerprint density at radius 3 is 2.84 bits per heavy atom. The van der Waals surface area contributed by atoms with Crippen LogP contribution >= 0.6 is 0 Å². The minimum Gasteiger partial charge on any atom is -0.477 e. The highest BCUT2D eigenvalue weighted by molar-refractivity contribution is 5.86. The Kier molecular flexibility index (Phi) is 3.61. The predicted octanol–water partition coefficient (Wildman–Crippen LogP) is 0.560. The van der Waals surface area contributed by atoms with Crippen molar-refractivity contribution < 1.29 is 19.8 Å². The van der Waals surface area contributed by atoms with Gasteiger partial charge in [-0.1, -0.05) is 0 Å². The fraction of sp³-hybridized carbons (Fsp3) is 0.538. The van der Waals surface area contributed by atoms with Gasteiger partial charge in [0.15, 0.2) is 0 Å². The van der Waals surface area contributed by atoms with Crippen molar-refractivity contribution in [2.24, 2.45) is 0 Å². The number of piperidine rings is 1. The SMILES string of the molecule is CC1(O)CCCN(C(=O)Cn2cccc2C(=O)O)C1. The van der Waals surface area contributed by atoms with Crippen LogP contribution in [0.5, 0.6) is 0 Å². The number of rotatable bonds is 3. The van der Waals surface area contributed by atoms with E-state index in [0.717, 1.165) is 6.42 Å². The number of likely N-dealkylation sites (tertiary alicyclic amines) is 1. The largest absolute Gasteiger partial charge is 0.477 e. The van der Waals surface area contributed by atoms with E-state index in [-0.39, 0.29) is 18.1 Å². The minimum absolute atomic E-state index is 0.00921. The molecule has 1 aliphatic heterocycles. The number of aromatic carboxylic acids is 1. The molecule has 1 saturated heterocycles. The summed E-state index contributed by atoms with van der Waals surface area (Å²) in [5, 5.41) is 18.9. The van der Waals surface area contributed by atoms with E-state index in [0.29, 0.717) is 19.5 Å². The molecule has 1 amide bonds. The van der Waals surface area contributed by atoms with Crippen LogP contribution in [0.4, 0.5) is 0 Å².